The Labute approximate surface area is 214 Å². The first kappa shape index (κ1) is 27.9. The molecule has 1 atom stereocenters. The van der Waals surface area contributed by atoms with Crippen LogP contribution in [-0.4, -0.2) is 29.0 Å². The van der Waals surface area contributed by atoms with Gasteiger partial charge >= 0.3 is 12.1 Å². The summed E-state index contributed by atoms with van der Waals surface area (Å²) in [6, 6.07) is 16.8. The van der Waals surface area contributed by atoms with E-state index in [-0.39, 0.29) is 5.82 Å². The zero-order valence-corrected chi connectivity index (χ0v) is 21.2. The van der Waals surface area contributed by atoms with Crippen molar-refractivity contribution in [2.45, 2.75) is 59.2 Å². The van der Waals surface area contributed by atoms with Gasteiger partial charge in [0.15, 0.2) is 0 Å². The summed E-state index contributed by atoms with van der Waals surface area (Å²) >= 11 is 0. The Morgan fingerprint density at radius 1 is 1.03 bits per heavy atom. The van der Waals surface area contributed by atoms with E-state index in [1.165, 1.54) is 6.07 Å². The van der Waals surface area contributed by atoms with Crippen LogP contribution in [0.5, 0.6) is 0 Å². The Hall–Kier alpha value is -3.68. The number of hydrogen-bond donors (Lipinski definition) is 1. The van der Waals surface area contributed by atoms with Crippen molar-refractivity contribution >= 4 is 17.4 Å². The second-order valence-corrected chi connectivity index (χ2v) is 8.81. The van der Waals surface area contributed by atoms with Gasteiger partial charge in [0.1, 0.15) is 11.5 Å². The molecule has 1 N–H and O–H groups in total. The number of halogens is 4. The van der Waals surface area contributed by atoms with Crippen molar-refractivity contribution in [2.24, 2.45) is 5.10 Å². The summed E-state index contributed by atoms with van der Waals surface area (Å²) in [6.07, 6.45) is -4.93. The summed E-state index contributed by atoms with van der Waals surface area (Å²) in [5.41, 5.74) is 4.70. The zero-order chi connectivity index (χ0) is 27.3. The first-order chi connectivity index (χ1) is 17.5. The van der Waals surface area contributed by atoms with Gasteiger partial charge in [-0.2, -0.15) is 18.3 Å². The Morgan fingerprint density at radius 2 is 1.70 bits per heavy atom. The highest BCUT2D eigenvalue weighted by atomic mass is 19.4. The first-order valence-corrected chi connectivity index (χ1v) is 12.1. The molecule has 1 heterocycles. The number of nitrogens with zero attached hydrogens (tertiary/aromatic N) is 2. The lowest BCUT2D eigenvalue weighted by Crippen LogP contribution is -2.29. The molecule has 8 heteroatoms. The lowest BCUT2D eigenvalue weighted by Gasteiger charge is -2.22. The molecule has 0 saturated carbocycles. The number of aliphatic carboxylic acids is 1. The standard InChI is InChI=1S/C27H24F4N2O2.C2H6/c1-16-3-10-24(28)23(11-16)20-7-6-19(17(2)12-20)13-18-4-8-21(9-5-18)33-22(15-26(34)35)14-25(32-33)27(29,30)31;1-2/h3-12,22H,13-15H2,1-2H3,(H,34,35);1-2H3. The molecule has 0 aliphatic carbocycles. The fourth-order valence-electron chi connectivity index (χ4n) is 4.27. The molecule has 0 fully saturated rings. The van der Waals surface area contributed by atoms with E-state index in [0.29, 0.717) is 17.7 Å². The van der Waals surface area contributed by atoms with Crippen molar-refractivity contribution in [3.05, 3.63) is 88.7 Å². The minimum absolute atomic E-state index is 0.280. The monoisotopic (exact) mass is 514 g/mol. The van der Waals surface area contributed by atoms with E-state index in [2.05, 4.69) is 5.10 Å². The number of benzene rings is 3. The topological polar surface area (TPSA) is 52.9 Å². The Kier molecular flexibility index (Phi) is 8.73. The largest absolute Gasteiger partial charge is 0.481 e. The minimum Gasteiger partial charge on any atom is -0.481 e. The van der Waals surface area contributed by atoms with Gasteiger partial charge in [-0.25, -0.2) is 4.39 Å². The van der Waals surface area contributed by atoms with Gasteiger partial charge in [-0.1, -0.05) is 55.8 Å². The Bertz CT molecular complexity index is 1280. The number of rotatable bonds is 6. The van der Waals surface area contributed by atoms with Crippen LogP contribution in [0.25, 0.3) is 11.1 Å². The SMILES string of the molecule is CC.Cc1ccc(F)c(-c2ccc(Cc3ccc(N4N=C(C(F)(F)F)CC4CC(=O)O)cc3)c(C)c2)c1. The van der Waals surface area contributed by atoms with E-state index < -0.39 is 36.7 Å². The number of aryl methyl sites for hydroxylation is 2. The fourth-order valence-corrected chi connectivity index (χ4v) is 4.27. The molecular formula is C29H30F4N2O2. The van der Waals surface area contributed by atoms with Gasteiger partial charge in [0.05, 0.1) is 18.2 Å². The number of carboxylic acid groups (broad SMARTS) is 1. The van der Waals surface area contributed by atoms with Crippen LogP contribution >= 0.6 is 0 Å². The highest BCUT2D eigenvalue weighted by Gasteiger charge is 2.43. The average Bonchev–Trinajstić information content (AvgIpc) is 3.27. The van der Waals surface area contributed by atoms with Crippen LogP contribution in [0.3, 0.4) is 0 Å². The van der Waals surface area contributed by atoms with E-state index >= 15 is 0 Å². The predicted octanol–water partition coefficient (Wildman–Crippen LogP) is 7.70. The van der Waals surface area contributed by atoms with E-state index in [4.69, 9.17) is 5.11 Å². The van der Waals surface area contributed by atoms with Crippen LogP contribution in [-0.2, 0) is 11.2 Å². The summed E-state index contributed by atoms with van der Waals surface area (Å²) in [5, 5.41) is 13.9. The van der Waals surface area contributed by atoms with Crippen molar-refractivity contribution in [1.82, 2.24) is 0 Å². The van der Waals surface area contributed by atoms with Gasteiger partial charge in [0, 0.05) is 12.0 Å². The molecule has 4 nitrogen and oxygen atoms in total. The molecule has 0 amide bonds. The van der Waals surface area contributed by atoms with Crippen molar-refractivity contribution in [3.8, 4) is 11.1 Å². The van der Waals surface area contributed by atoms with Crippen LogP contribution in [0.4, 0.5) is 23.2 Å². The molecule has 4 rings (SSSR count). The smallest absolute Gasteiger partial charge is 0.431 e. The van der Waals surface area contributed by atoms with E-state index in [0.717, 1.165) is 32.8 Å². The minimum atomic E-state index is -4.60. The molecule has 1 aliphatic heterocycles. The van der Waals surface area contributed by atoms with Crippen molar-refractivity contribution < 1.29 is 27.5 Å². The average molecular weight is 515 g/mol. The van der Waals surface area contributed by atoms with Crippen LogP contribution < -0.4 is 5.01 Å². The first-order valence-electron chi connectivity index (χ1n) is 12.1. The summed E-state index contributed by atoms with van der Waals surface area (Å²) in [7, 11) is 0. The Balaban J connectivity index is 0.00000186. The Morgan fingerprint density at radius 3 is 2.30 bits per heavy atom. The third kappa shape index (κ3) is 6.76. The van der Waals surface area contributed by atoms with Gasteiger partial charge in [-0.15, -0.1) is 0 Å². The highest BCUT2D eigenvalue weighted by molar-refractivity contribution is 5.94. The molecule has 3 aromatic carbocycles. The number of carbonyl (C=O) groups is 1. The normalized spacial score (nSPS) is 15.2. The number of hydrazone groups is 1. The van der Waals surface area contributed by atoms with Crippen molar-refractivity contribution in [1.29, 1.82) is 0 Å². The molecule has 0 bridgehead atoms. The molecule has 3 aromatic rings. The van der Waals surface area contributed by atoms with Crippen molar-refractivity contribution in [2.75, 3.05) is 5.01 Å². The number of alkyl halides is 3. The predicted molar refractivity (Wildman–Crippen MR) is 139 cm³/mol. The maximum Gasteiger partial charge on any atom is 0.431 e. The van der Waals surface area contributed by atoms with E-state index in [1.54, 1.807) is 30.3 Å². The van der Waals surface area contributed by atoms with Gasteiger partial charge in [0.25, 0.3) is 0 Å². The molecular weight excluding hydrogens is 484 g/mol. The van der Waals surface area contributed by atoms with E-state index in [1.807, 2.05) is 52.0 Å². The second kappa shape index (κ2) is 11.6. The molecule has 196 valence electrons. The quantitative estimate of drug-likeness (QED) is 0.343. The summed E-state index contributed by atoms with van der Waals surface area (Å²) in [4.78, 5) is 11.1. The third-order valence-electron chi connectivity index (χ3n) is 6.11. The summed E-state index contributed by atoms with van der Waals surface area (Å²) in [5.74, 6) is -1.46. The zero-order valence-electron chi connectivity index (χ0n) is 21.2. The molecule has 0 spiro atoms. The van der Waals surface area contributed by atoms with Gasteiger partial charge < -0.3 is 5.11 Å². The number of carboxylic acids is 1. The molecule has 37 heavy (non-hydrogen) atoms. The van der Waals surface area contributed by atoms with E-state index in [9.17, 15) is 22.4 Å². The van der Waals surface area contributed by atoms with Crippen LogP contribution in [0.15, 0.2) is 65.8 Å². The molecule has 0 aromatic heterocycles. The molecule has 0 saturated heterocycles. The van der Waals surface area contributed by atoms with Crippen LogP contribution in [0, 0.1) is 19.7 Å². The second-order valence-electron chi connectivity index (χ2n) is 8.81. The number of anilines is 1. The fraction of sp³-hybridized carbons (Fsp3) is 0.310. The maximum atomic E-state index is 14.3. The van der Waals surface area contributed by atoms with Gasteiger partial charge in [-0.05, 0) is 66.8 Å². The molecule has 1 unspecified atom stereocenters. The maximum absolute atomic E-state index is 14.3. The summed E-state index contributed by atoms with van der Waals surface area (Å²) in [6.45, 7) is 7.87. The lowest BCUT2D eigenvalue weighted by atomic mass is 9.95. The number of hydrogen-bond acceptors (Lipinski definition) is 3. The van der Waals surface area contributed by atoms with Crippen molar-refractivity contribution in [3.63, 3.8) is 0 Å². The van der Waals surface area contributed by atoms with Crippen LogP contribution in [0.1, 0.15) is 48.9 Å². The summed E-state index contributed by atoms with van der Waals surface area (Å²) < 4.78 is 53.8. The molecule has 1 aliphatic rings. The third-order valence-corrected chi connectivity index (χ3v) is 6.11. The van der Waals surface area contributed by atoms with Gasteiger partial charge in [0.2, 0.25) is 0 Å². The van der Waals surface area contributed by atoms with Crippen LogP contribution in [0.2, 0.25) is 0 Å². The lowest BCUT2D eigenvalue weighted by molar-refractivity contribution is -0.137. The van der Waals surface area contributed by atoms with Gasteiger partial charge in [-0.3, -0.25) is 9.80 Å². The highest BCUT2D eigenvalue weighted by Crippen LogP contribution is 2.33. The molecule has 0 radical (unpaired) electrons.